The molecule has 3 atom stereocenters. The van der Waals surface area contributed by atoms with Crippen molar-refractivity contribution in [3.05, 3.63) is 102 Å². The number of rotatable bonds is 9. The summed E-state index contributed by atoms with van der Waals surface area (Å²) >= 11 is 0. The van der Waals surface area contributed by atoms with Gasteiger partial charge in [-0.1, -0.05) is 61.0 Å². The number of nitrogens with zero attached hydrogens (tertiary/aromatic N) is 2. The minimum Gasteiger partial charge on any atom is -0.352 e. The van der Waals surface area contributed by atoms with Crippen LogP contribution in [0.1, 0.15) is 72.5 Å². The van der Waals surface area contributed by atoms with E-state index in [0.717, 1.165) is 24.9 Å². The highest BCUT2D eigenvalue weighted by atomic mass is 16.1. The number of aryl methyl sites for hydroxylation is 1. The number of fused-ring (bicyclic) bond motifs is 1. The van der Waals surface area contributed by atoms with E-state index in [4.69, 9.17) is 0 Å². The molecule has 0 radical (unpaired) electrons. The third kappa shape index (κ3) is 5.85. The first-order valence-corrected chi connectivity index (χ1v) is 13.2. The van der Waals surface area contributed by atoms with E-state index in [2.05, 4.69) is 77.1 Å². The summed E-state index contributed by atoms with van der Waals surface area (Å²) in [5.74, 6) is 0.530. The van der Waals surface area contributed by atoms with Crippen LogP contribution in [0.2, 0.25) is 0 Å². The molecule has 4 aromatic rings. The van der Waals surface area contributed by atoms with Gasteiger partial charge >= 0.3 is 0 Å². The standard InChI is InChI=1S/C31H36N4O/c1-23(29-12-5-8-25-7-2-3-11-30(25)29)34-28-10-4-9-27(21-28)24-13-15-26(16-14-24)31(36)33-17-6-19-35-20-18-32-22-35/h2-3,5,7-8,11-16,18,20,22-23,27-28,34H,4,6,9-10,17,19,21H2,1H3,(H,33,36)/t23-,27?,28?/m1/s1. The van der Waals surface area contributed by atoms with E-state index in [0.29, 0.717) is 24.5 Å². The molecule has 36 heavy (non-hydrogen) atoms. The second-order valence-electron chi connectivity index (χ2n) is 10.0. The summed E-state index contributed by atoms with van der Waals surface area (Å²) in [6, 6.07) is 24.3. The summed E-state index contributed by atoms with van der Waals surface area (Å²) in [6.07, 6.45) is 11.2. The molecule has 0 bridgehead atoms. The predicted octanol–water partition coefficient (Wildman–Crippen LogP) is 6.23. The molecule has 1 fully saturated rings. The smallest absolute Gasteiger partial charge is 0.251 e. The van der Waals surface area contributed by atoms with Gasteiger partial charge in [-0.05, 0) is 72.6 Å². The largest absolute Gasteiger partial charge is 0.352 e. The highest BCUT2D eigenvalue weighted by Gasteiger charge is 2.25. The third-order valence-electron chi connectivity index (χ3n) is 7.53. The van der Waals surface area contributed by atoms with Crippen LogP contribution in [0.3, 0.4) is 0 Å². The number of imidazole rings is 1. The molecule has 5 nitrogen and oxygen atoms in total. The number of benzene rings is 3. The van der Waals surface area contributed by atoms with E-state index in [1.165, 1.54) is 41.2 Å². The van der Waals surface area contributed by atoms with Gasteiger partial charge in [0.2, 0.25) is 0 Å². The SMILES string of the molecule is C[C@@H](NC1CCCC(c2ccc(C(=O)NCCCn3ccnc3)cc2)C1)c1cccc2ccccc12. The molecule has 0 saturated heterocycles. The van der Waals surface area contributed by atoms with Crippen molar-refractivity contribution in [2.75, 3.05) is 6.54 Å². The number of hydrogen-bond acceptors (Lipinski definition) is 3. The van der Waals surface area contributed by atoms with Gasteiger partial charge in [-0.25, -0.2) is 4.98 Å². The fourth-order valence-electron chi connectivity index (χ4n) is 5.61. The van der Waals surface area contributed by atoms with E-state index in [-0.39, 0.29) is 5.91 Å². The summed E-state index contributed by atoms with van der Waals surface area (Å²) in [4.78, 5) is 16.6. The zero-order valence-electron chi connectivity index (χ0n) is 21.1. The average Bonchev–Trinajstić information content (AvgIpc) is 3.44. The highest BCUT2D eigenvalue weighted by molar-refractivity contribution is 5.94. The molecule has 3 aromatic carbocycles. The minimum absolute atomic E-state index is 0.000666. The molecule has 1 amide bonds. The maximum absolute atomic E-state index is 12.6. The molecule has 0 spiro atoms. The molecule has 1 aliphatic carbocycles. The number of carbonyl (C=O) groups is 1. The Labute approximate surface area is 214 Å². The van der Waals surface area contributed by atoms with Crippen molar-refractivity contribution in [2.45, 2.75) is 63.6 Å². The van der Waals surface area contributed by atoms with Gasteiger partial charge in [0.05, 0.1) is 6.33 Å². The molecular formula is C31H36N4O. The quantitative estimate of drug-likeness (QED) is 0.279. The van der Waals surface area contributed by atoms with Crippen molar-refractivity contribution in [2.24, 2.45) is 0 Å². The lowest BCUT2D eigenvalue weighted by atomic mass is 9.80. The summed E-state index contributed by atoms with van der Waals surface area (Å²) in [7, 11) is 0. The molecule has 5 rings (SSSR count). The summed E-state index contributed by atoms with van der Waals surface area (Å²) in [6.45, 7) is 3.80. The van der Waals surface area contributed by atoms with Crippen LogP contribution in [0.15, 0.2) is 85.5 Å². The van der Waals surface area contributed by atoms with Crippen molar-refractivity contribution in [3.63, 3.8) is 0 Å². The summed E-state index contributed by atoms with van der Waals surface area (Å²) in [5, 5.41) is 9.59. The van der Waals surface area contributed by atoms with Gasteiger partial charge in [-0.2, -0.15) is 0 Å². The number of carbonyl (C=O) groups excluding carboxylic acids is 1. The Morgan fingerprint density at radius 2 is 1.89 bits per heavy atom. The molecule has 0 aliphatic heterocycles. The van der Waals surface area contributed by atoms with Gasteiger partial charge in [0.1, 0.15) is 0 Å². The Morgan fingerprint density at radius 3 is 2.72 bits per heavy atom. The normalized spacial score (nSPS) is 18.7. The molecule has 1 heterocycles. The van der Waals surface area contributed by atoms with Gasteiger partial charge in [-0.15, -0.1) is 0 Å². The van der Waals surface area contributed by atoms with Crippen LogP contribution in [-0.4, -0.2) is 28.0 Å². The van der Waals surface area contributed by atoms with Gasteiger partial charge in [0, 0.05) is 43.1 Å². The second-order valence-corrected chi connectivity index (χ2v) is 10.0. The highest BCUT2D eigenvalue weighted by Crippen LogP contribution is 2.34. The van der Waals surface area contributed by atoms with Crippen LogP contribution in [0.4, 0.5) is 0 Å². The van der Waals surface area contributed by atoms with Crippen molar-refractivity contribution < 1.29 is 4.79 Å². The van der Waals surface area contributed by atoms with Crippen LogP contribution in [-0.2, 0) is 6.54 Å². The molecule has 186 valence electrons. The first-order chi connectivity index (χ1) is 17.7. The Balaban J connectivity index is 1.14. The Bertz CT molecular complexity index is 1260. The summed E-state index contributed by atoms with van der Waals surface area (Å²) in [5.41, 5.74) is 3.45. The molecule has 1 aromatic heterocycles. The number of amides is 1. The first kappa shape index (κ1) is 24.3. The topological polar surface area (TPSA) is 59.0 Å². The monoisotopic (exact) mass is 480 g/mol. The zero-order chi connectivity index (χ0) is 24.7. The Kier molecular flexibility index (Phi) is 7.77. The van der Waals surface area contributed by atoms with Crippen LogP contribution >= 0.6 is 0 Å². The number of aromatic nitrogens is 2. The lowest BCUT2D eigenvalue weighted by molar-refractivity contribution is 0.0952. The van der Waals surface area contributed by atoms with Crippen molar-refractivity contribution in [3.8, 4) is 0 Å². The maximum atomic E-state index is 12.6. The third-order valence-corrected chi connectivity index (χ3v) is 7.53. The van der Waals surface area contributed by atoms with Crippen LogP contribution in [0, 0.1) is 0 Å². The van der Waals surface area contributed by atoms with Crippen LogP contribution < -0.4 is 10.6 Å². The lowest BCUT2D eigenvalue weighted by Gasteiger charge is -2.32. The molecule has 2 N–H and O–H groups in total. The van der Waals surface area contributed by atoms with Crippen LogP contribution in [0.25, 0.3) is 10.8 Å². The van der Waals surface area contributed by atoms with Gasteiger partial charge < -0.3 is 15.2 Å². The lowest BCUT2D eigenvalue weighted by Crippen LogP contribution is -2.35. The minimum atomic E-state index is -0.000666. The van der Waals surface area contributed by atoms with E-state index < -0.39 is 0 Å². The molecule has 2 unspecified atom stereocenters. The molecule has 1 aliphatic rings. The van der Waals surface area contributed by atoms with Gasteiger partial charge in [-0.3, -0.25) is 4.79 Å². The van der Waals surface area contributed by atoms with Crippen molar-refractivity contribution in [1.29, 1.82) is 0 Å². The van der Waals surface area contributed by atoms with E-state index in [9.17, 15) is 4.79 Å². The first-order valence-electron chi connectivity index (χ1n) is 13.2. The van der Waals surface area contributed by atoms with Crippen molar-refractivity contribution >= 4 is 16.7 Å². The average molecular weight is 481 g/mol. The zero-order valence-corrected chi connectivity index (χ0v) is 21.1. The van der Waals surface area contributed by atoms with E-state index >= 15 is 0 Å². The van der Waals surface area contributed by atoms with E-state index in [1.807, 2.05) is 22.9 Å². The van der Waals surface area contributed by atoms with Gasteiger partial charge in [0.25, 0.3) is 5.91 Å². The Hall–Kier alpha value is -3.44. The summed E-state index contributed by atoms with van der Waals surface area (Å²) < 4.78 is 2.02. The number of nitrogens with one attached hydrogen (secondary N) is 2. The van der Waals surface area contributed by atoms with Crippen molar-refractivity contribution in [1.82, 2.24) is 20.2 Å². The predicted molar refractivity (Wildman–Crippen MR) is 146 cm³/mol. The van der Waals surface area contributed by atoms with Gasteiger partial charge in [0.15, 0.2) is 0 Å². The molecular weight excluding hydrogens is 444 g/mol. The van der Waals surface area contributed by atoms with Crippen LogP contribution in [0.5, 0.6) is 0 Å². The fourth-order valence-corrected chi connectivity index (χ4v) is 5.61. The fraction of sp³-hybridized carbons (Fsp3) is 0.355. The van der Waals surface area contributed by atoms with E-state index in [1.54, 1.807) is 12.5 Å². The number of hydrogen-bond donors (Lipinski definition) is 2. The molecule has 5 heteroatoms. The maximum Gasteiger partial charge on any atom is 0.251 e. The second kappa shape index (κ2) is 11.5. The Morgan fingerprint density at radius 1 is 1.06 bits per heavy atom. The molecule has 1 saturated carbocycles.